The van der Waals surface area contributed by atoms with Gasteiger partial charge in [0.25, 0.3) is 0 Å². The molecule has 46 valence electrons. The van der Waals surface area contributed by atoms with Crippen molar-refractivity contribution in [2.45, 2.75) is 0 Å². The second-order valence-electron chi connectivity index (χ2n) is 0.683. The topological polar surface area (TPSA) is 105 Å². The van der Waals surface area contributed by atoms with Gasteiger partial charge in [-0.25, -0.2) is 4.79 Å². The molecule has 0 saturated heterocycles. The van der Waals surface area contributed by atoms with Crippen LogP contribution in [-0.4, -0.2) is 11.2 Å². The van der Waals surface area contributed by atoms with E-state index >= 15 is 0 Å². The fourth-order valence-corrected chi connectivity index (χ4v) is 0.0824. The van der Waals surface area contributed by atoms with Gasteiger partial charge in [0.1, 0.15) is 0 Å². The van der Waals surface area contributed by atoms with Crippen molar-refractivity contribution in [3.8, 4) is 0 Å². The van der Waals surface area contributed by atoms with Gasteiger partial charge in [-0.15, -0.1) is 10.1 Å². The van der Waals surface area contributed by atoms with E-state index in [1.807, 2.05) is 0 Å². The molecule has 0 fully saturated rings. The molecule has 0 radical (unpaired) electrons. The minimum absolute atomic E-state index is 1.32. The normalized spacial score (nSPS) is 7.62. The minimum Gasteiger partial charge on any atom is -0.353 e. The average molecular weight is 122 g/mol. The van der Waals surface area contributed by atoms with Crippen molar-refractivity contribution in [2.75, 3.05) is 0 Å². The van der Waals surface area contributed by atoms with E-state index in [2.05, 4.69) is 15.6 Å². The summed E-state index contributed by atoms with van der Waals surface area (Å²) in [5, 5.41) is 7.87. The van der Waals surface area contributed by atoms with Crippen LogP contribution in [0.2, 0.25) is 0 Å². The summed E-state index contributed by atoms with van der Waals surface area (Å²) in [6.07, 6.45) is -1.55. The lowest BCUT2D eigenvalue weighted by molar-refractivity contribution is -0.730. The number of nitrogens with zero attached hydrogens (tertiary/aromatic N) is 1. The van der Waals surface area contributed by atoms with E-state index in [1.54, 1.807) is 0 Å². The molecule has 0 aromatic carbocycles. The van der Waals surface area contributed by atoms with Crippen molar-refractivity contribution in [1.29, 1.82) is 0 Å². The van der Waals surface area contributed by atoms with Gasteiger partial charge in [0, 0.05) is 0 Å². The van der Waals surface area contributed by atoms with Crippen LogP contribution >= 0.6 is 0 Å². The van der Waals surface area contributed by atoms with E-state index in [-0.39, 0.29) is 0 Å². The van der Waals surface area contributed by atoms with Crippen LogP contribution in [-0.2, 0) is 9.68 Å². The van der Waals surface area contributed by atoms with Crippen LogP contribution in [0.4, 0.5) is 4.79 Å². The molecule has 0 atom stereocenters. The highest BCUT2D eigenvalue weighted by atomic mass is 17.0. The van der Waals surface area contributed by atoms with Crippen molar-refractivity contribution in [3.05, 3.63) is 10.1 Å². The second kappa shape index (κ2) is 2.75. The number of hydrogen-bond donors (Lipinski definition) is 1. The van der Waals surface area contributed by atoms with Crippen LogP contribution in [0.1, 0.15) is 0 Å². The zero-order chi connectivity index (χ0) is 6.57. The van der Waals surface area contributed by atoms with Gasteiger partial charge in [0.15, 0.2) is 0 Å². The fraction of sp³-hybridized carbons (Fsp3) is 0. The summed E-state index contributed by atoms with van der Waals surface area (Å²) >= 11 is 0. The Bertz CT molecular complexity index is 109. The van der Waals surface area contributed by atoms with Gasteiger partial charge in [0.05, 0.1) is 0 Å². The Morgan fingerprint density at radius 1 is 1.75 bits per heavy atom. The van der Waals surface area contributed by atoms with Crippen LogP contribution < -0.4 is 5.90 Å². The third-order valence-electron chi connectivity index (χ3n) is 0.245. The van der Waals surface area contributed by atoms with Gasteiger partial charge in [0.2, 0.25) is 0 Å². The van der Waals surface area contributed by atoms with Crippen molar-refractivity contribution in [3.63, 3.8) is 0 Å². The first kappa shape index (κ1) is 6.63. The van der Waals surface area contributed by atoms with Crippen LogP contribution in [0.3, 0.4) is 0 Å². The van der Waals surface area contributed by atoms with Crippen molar-refractivity contribution < 1.29 is 19.6 Å². The number of carbonyl (C=O) groups is 1. The Balaban J connectivity index is 3.40. The van der Waals surface area contributed by atoms with Crippen LogP contribution in [0.25, 0.3) is 0 Å². The molecule has 0 unspecified atom stereocenters. The predicted molar refractivity (Wildman–Crippen MR) is 18.7 cm³/mol. The number of hydrogen-bond acceptors (Lipinski definition) is 6. The molecule has 0 spiro atoms. The summed E-state index contributed by atoms with van der Waals surface area (Å²) in [6.45, 7) is 0. The monoisotopic (exact) mass is 122 g/mol. The molecular formula is CH2N2O5. The number of carbonyl (C=O) groups excluding carboxylic acids is 1. The average Bonchev–Trinajstić information content (AvgIpc) is 1.65. The fourth-order valence-electron chi connectivity index (χ4n) is 0.0824. The molecule has 0 aliphatic rings. The van der Waals surface area contributed by atoms with Crippen molar-refractivity contribution >= 4 is 6.16 Å². The van der Waals surface area contributed by atoms with Crippen molar-refractivity contribution in [2.24, 2.45) is 5.90 Å². The second-order valence-corrected chi connectivity index (χ2v) is 0.683. The maximum atomic E-state index is 9.61. The third kappa shape index (κ3) is 2.85. The Morgan fingerprint density at radius 3 is 2.38 bits per heavy atom. The van der Waals surface area contributed by atoms with Gasteiger partial charge in [-0.2, -0.15) is 10.7 Å². The lowest BCUT2D eigenvalue weighted by Gasteiger charge is -1.89. The molecule has 0 aliphatic carbocycles. The summed E-state index contributed by atoms with van der Waals surface area (Å²) in [5.41, 5.74) is 0. The molecule has 0 amide bonds. The van der Waals surface area contributed by atoms with E-state index in [9.17, 15) is 14.9 Å². The molecule has 0 aliphatic heterocycles. The van der Waals surface area contributed by atoms with Gasteiger partial charge in [-0.05, 0) is 0 Å². The van der Waals surface area contributed by atoms with E-state index in [0.29, 0.717) is 0 Å². The lowest BCUT2D eigenvalue weighted by Crippen LogP contribution is -2.15. The molecule has 0 aromatic heterocycles. The van der Waals surface area contributed by atoms with E-state index < -0.39 is 11.2 Å². The zero-order valence-corrected chi connectivity index (χ0v) is 3.57. The van der Waals surface area contributed by atoms with Crippen LogP contribution in [0, 0.1) is 10.1 Å². The van der Waals surface area contributed by atoms with Crippen LogP contribution in [0.15, 0.2) is 0 Å². The number of rotatable bonds is 1. The van der Waals surface area contributed by atoms with Gasteiger partial charge >= 0.3 is 11.2 Å². The predicted octanol–water partition coefficient (Wildman–Crippen LogP) is -0.795. The molecule has 0 aromatic rings. The molecule has 2 N–H and O–H groups in total. The van der Waals surface area contributed by atoms with E-state index in [1.165, 1.54) is 0 Å². The van der Waals surface area contributed by atoms with Crippen LogP contribution in [0.5, 0.6) is 0 Å². The summed E-state index contributed by atoms with van der Waals surface area (Å²) in [6, 6.07) is 0. The van der Waals surface area contributed by atoms with Gasteiger partial charge in [-0.3, -0.25) is 0 Å². The number of nitrogens with two attached hydrogens (primary N) is 1. The molecular weight excluding hydrogens is 120 g/mol. The molecule has 8 heavy (non-hydrogen) atoms. The summed E-state index contributed by atoms with van der Waals surface area (Å²) in [4.78, 5) is 25.2. The summed E-state index contributed by atoms with van der Waals surface area (Å²) in [7, 11) is 0. The van der Waals surface area contributed by atoms with Gasteiger partial charge in [-0.1, -0.05) is 0 Å². The first-order chi connectivity index (χ1) is 3.66. The van der Waals surface area contributed by atoms with Crippen molar-refractivity contribution in [1.82, 2.24) is 0 Å². The van der Waals surface area contributed by atoms with E-state index in [0.717, 1.165) is 0 Å². The molecule has 0 saturated carbocycles. The highest BCUT2D eigenvalue weighted by molar-refractivity contribution is 5.58. The van der Waals surface area contributed by atoms with Gasteiger partial charge < -0.3 is 4.84 Å². The Hall–Kier alpha value is -1.37. The molecule has 0 heterocycles. The minimum atomic E-state index is -1.55. The first-order valence-corrected chi connectivity index (χ1v) is 1.40. The Labute approximate surface area is 43.0 Å². The molecule has 7 nitrogen and oxygen atoms in total. The molecule has 0 bridgehead atoms. The highest BCUT2D eigenvalue weighted by Gasteiger charge is 2.04. The molecule has 7 heteroatoms. The summed E-state index contributed by atoms with van der Waals surface area (Å²) in [5.74, 6) is 4.14. The SMILES string of the molecule is NOC(=O)O[N+](=O)[O-]. The smallest absolute Gasteiger partial charge is 0.353 e. The maximum Gasteiger partial charge on any atom is 0.504 e. The summed E-state index contributed by atoms with van der Waals surface area (Å²) < 4.78 is 0. The Morgan fingerprint density at radius 2 is 2.25 bits per heavy atom. The zero-order valence-electron chi connectivity index (χ0n) is 3.57. The molecule has 0 rings (SSSR count). The lowest BCUT2D eigenvalue weighted by atomic mass is 11.4. The quantitative estimate of drug-likeness (QED) is 0.360. The Kier molecular flexibility index (Phi) is 2.28. The first-order valence-electron chi connectivity index (χ1n) is 1.40. The third-order valence-corrected chi connectivity index (χ3v) is 0.245. The maximum absolute atomic E-state index is 9.61. The highest BCUT2D eigenvalue weighted by Crippen LogP contribution is 1.77. The van der Waals surface area contributed by atoms with E-state index in [4.69, 9.17) is 0 Å². The largest absolute Gasteiger partial charge is 0.504 e. The standard InChI is InChI=1S/CH2N2O5/c2-7-1(4)8-3(5)6/h2H2.